The van der Waals surface area contributed by atoms with E-state index < -0.39 is 0 Å². The van der Waals surface area contributed by atoms with Gasteiger partial charge >= 0.3 is 0 Å². The first kappa shape index (κ1) is 11.8. The lowest BCUT2D eigenvalue weighted by Crippen LogP contribution is -2.26. The Morgan fingerprint density at radius 2 is 1.64 bits per heavy atom. The first-order valence-corrected chi connectivity index (χ1v) is 5.14. The van der Waals surface area contributed by atoms with Gasteiger partial charge in [0.05, 0.1) is 10.0 Å². The topological polar surface area (TPSA) is 38.9 Å². The second kappa shape index (κ2) is 4.05. The second-order valence-corrected chi connectivity index (χ2v) is 5.17. The summed E-state index contributed by atoms with van der Waals surface area (Å²) in [5.41, 5.74) is 6.78. The van der Waals surface area contributed by atoms with Crippen LogP contribution >= 0.6 is 23.2 Å². The van der Waals surface area contributed by atoms with E-state index in [1.807, 2.05) is 20.8 Å². The molecule has 0 fully saturated rings. The molecule has 0 radical (unpaired) electrons. The van der Waals surface area contributed by atoms with Gasteiger partial charge < -0.3 is 5.73 Å². The summed E-state index contributed by atoms with van der Waals surface area (Å²) in [5.74, 6) is 0. The zero-order valence-corrected chi connectivity index (χ0v) is 10.0. The van der Waals surface area contributed by atoms with Crippen molar-refractivity contribution in [1.82, 2.24) is 4.98 Å². The van der Waals surface area contributed by atoms with Gasteiger partial charge in [-0.15, -0.1) is 0 Å². The van der Waals surface area contributed by atoms with E-state index in [4.69, 9.17) is 28.9 Å². The fourth-order valence-electron chi connectivity index (χ4n) is 1.15. The van der Waals surface area contributed by atoms with Crippen molar-refractivity contribution in [1.29, 1.82) is 0 Å². The Labute approximate surface area is 94.4 Å². The summed E-state index contributed by atoms with van der Waals surface area (Å²) in [7, 11) is 0. The van der Waals surface area contributed by atoms with E-state index in [2.05, 4.69) is 4.98 Å². The molecule has 0 aliphatic heterocycles. The summed E-state index contributed by atoms with van der Waals surface area (Å²) in [6.45, 7) is 6.14. The maximum atomic E-state index is 6.08. The lowest BCUT2D eigenvalue weighted by atomic mass is 9.83. The van der Waals surface area contributed by atoms with Crippen molar-refractivity contribution in [2.24, 2.45) is 11.1 Å². The van der Waals surface area contributed by atoms with Gasteiger partial charge in [0.2, 0.25) is 0 Å². The molecular formula is C10H14Cl2N2. The number of halogens is 2. The maximum absolute atomic E-state index is 6.08. The van der Waals surface area contributed by atoms with E-state index in [9.17, 15) is 0 Å². The van der Waals surface area contributed by atoms with Gasteiger partial charge in [0.25, 0.3) is 0 Å². The molecule has 0 bridgehead atoms. The molecule has 2 nitrogen and oxygen atoms in total. The Kier molecular flexibility index (Phi) is 3.40. The quantitative estimate of drug-likeness (QED) is 0.806. The minimum absolute atomic E-state index is 0.0748. The molecule has 0 spiro atoms. The molecule has 0 aliphatic carbocycles. The van der Waals surface area contributed by atoms with Crippen LogP contribution in [0.3, 0.4) is 0 Å². The largest absolute Gasteiger partial charge is 0.323 e. The van der Waals surface area contributed by atoms with Crippen LogP contribution in [-0.2, 0) is 0 Å². The van der Waals surface area contributed by atoms with Crippen molar-refractivity contribution in [3.63, 3.8) is 0 Å². The van der Waals surface area contributed by atoms with Crippen LogP contribution in [0, 0.1) is 5.41 Å². The van der Waals surface area contributed by atoms with Crippen LogP contribution in [0.15, 0.2) is 12.4 Å². The molecule has 1 heterocycles. The lowest BCUT2D eigenvalue weighted by Gasteiger charge is -2.28. The molecule has 0 unspecified atom stereocenters. The smallest absolute Gasteiger partial charge is 0.0652 e. The van der Waals surface area contributed by atoms with Crippen LogP contribution < -0.4 is 5.73 Å². The summed E-state index contributed by atoms with van der Waals surface area (Å²) in [6, 6.07) is -0.189. The van der Waals surface area contributed by atoms with Gasteiger partial charge in [0, 0.05) is 24.0 Å². The first-order valence-electron chi connectivity index (χ1n) is 4.38. The summed E-state index contributed by atoms with van der Waals surface area (Å²) in [5, 5.41) is 1.06. The number of nitrogens with two attached hydrogens (primary N) is 1. The van der Waals surface area contributed by atoms with Crippen LogP contribution in [0.25, 0.3) is 0 Å². The van der Waals surface area contributed by atoms with Crippen LogP contribution in [-0.4, -0.2) is 4.98 Å². The van der Waals surface area contributed by atoms with Gasteiger partial charge in [-0.1, -0.05) is 44.0 Å². The number of aromatic nitrogens is 1. The van der Waals surface area contributed by atoms with E-state index >= 15 is 0 Å². The molecule has 1 aromatic rings. The Morgan fingerprint density at radius 3 is 2.00 bits per heavy atom. The molecular weight excluding hydrogens is 219 g/mol. The van der Waals surface area contributed by atoms with Gasteiger partial charge in [-0.2, -0.15) is 0 Å². The minimum Gasteiger partial charge on any atom is -0.323 e. The summed E-state index contributed by atoms with van der Waals surface area (Å²) in [6.07, 6.45) is 3.13. The number of rotatable bonds is 1. The molecule has 1 atom stereocenters. The van der Waals surface area contributed by atoms with Gasteiger partial charge in [-0.05, 0) is 5.41 Å². The van der Waals surface area contributed by atoms with E-state index in [1.165, 1.54) is 0 Å². The highest BCUT2D eigenvalue weighted by Gasteiger charge is 2.26. The molecule has 0 aliphatic rings. The van der Waals surface area contributed by atoms with Gasteiger partial charge in [0.1, 0.15) is 0 Å². The molecule has 0 saturated carbocycles. The number of nitrogens with zero attached hydrogens (tertiary/aromatic N) is 1. The SMILES string of the molecule is CC(C)(C)[C@H](N)c1c(Cl)cncc1Cl. The monoisotopic (exact) mass is 232 g/mol. The van der Waals surface area contributed by atoms with Crippen molar-refractivity contribution in [3.8, 4) is 0 Å². The van der Waals surface area contributed by atoms with Crippen LogP contribution in [0.5, 0.6) is 0 Å². The minimum atomic E-state index is -0.189. The van der Waals surface area contributed by atoms with Crippen molar-refractivity contribution in [2.75, 3.05) is 0 Å². The average Bonchev–Trinajstić information content (AvgIpc) is 2.01. The predicted octanol–water partition coefficient (Wildman–Crippen LogP) is 3.43. The summed E-state index contributed by atoms with van der Waals surface area (Å²) in [4.78, 5) is 3.89. The van der Waals surface area contributed by atoms with E-state index in [0.29, 0.717) is 10.0 Å². The lowest BCUT2D eigenvalue weighted by molar-refractivity contribution is 0.327. The van der Waals surface area contributed by atoms with E-state index in [-0.39, 0.29) is 11.5 Å². The van der Waals surface area contributed by atoms with Crippen molar-refractivity contribution < 1.29 is 0 Å². The molecule has 2 N–H and O–H groups in total. The third kappa shape index (κ3) is 2.38. The van der Waals surface area contributed by atoms with E-state index in [0.717, 1.165) is 5.56 Å². The molecule has 14 heavy (non-hydrogen) atoms. The normalized spacial score (nSPS) is 14.1. The highest BCUT2D eigenvalue weighted by atomic mass is 35.5. The maximum Gasteiger partial charge on any atom is 0.0652 e. The van der Waals surface area contributed by atoms with E-state index in [1.54, 1.807) is 12.4 Å². The Hall–Kier alpha value is -0.310. The Bertz CT molecular complexity index is 311. The zero-order chi connectivity index (χ0) is 10.9. The van der Waals surface area contributed by atoms with Crippen molar-refractivity contribution in [2.45, 2.75) is 26.8 Å². The van der Waals surface area contributed by atoms with Crippen LogP contribution in [0.4, 0.5) is 0 Å². The Balaban J connectivity index is 3.19. The molecule has 0 saturated heterocycles. The van der Waals surface area contributed by atoms with Crippen LogP contribution in [0.2, 0.25) is 10.0 Å². The molecule has 0 aromatic carbocycles. The first-order chi connectivity index (χ1) is 6.34. The summed E-state index contributed by atoms with van der Waals surface area (Å²) >= 11 is 12.0. The zero-order valence-electron chi connectivity index (χ0n) is 8.51. The number of pyridine rings is 1. The molecule has 4 heteroatoms. The highest BCUT2D eigenvalue weighted by molar-refractivity contribution is 6.35. The Morgan fingerprint density at radius 1 is 1.21 bits per heavy atom. The molecule has 1 aromatic heterocycles. The molecule has 1 rings (SSSR count). The predicted molar refractivity (Wildman–Crippen MR) is 60.6 cm³/mol. The third-order valence-electron chi connectivity index (χ3n) is 2.13. The fraction of sp³-hybridized carbons (Fsp3) is 0.500. The second-order valence-electron chi connectivity index (χ2n) is 4.36. The number of hydrogen-bond acceptors (Lipinski definition) is 2. The number of hydrogen-bond donors (Lipinski definition) is 1. The van der Waals surface area contributed by atoms with Crippen molar-refractivity contribution >= 4 is 23.2 Å². The van der Waals surface area contributed by atoms with Gasteiger partial charge in [-0.3, -0.25) is 4.98 Å². The average molecular weight is 233 g/mol. The van der Waals surface area contributed by atoms with Gasteiger partial charge in [0.15, 0.2) is 0 Å². The fourth-order valence-corrected chi connectivity index (χ4v) is 1.75. The highest BCUT2D eigenvalue weighted by Crippen LogP contribution is 2.37. The standard InChI is InChI=1S/C10H14Cl2N2/c1-10(2,3)9(13)8-6(11)4-14-5-7(8)12/h4-5,9H,13H2,1-3H3/t9-/m1/s1. The molecule has 0 amide bonds. The van der Waals surface area contributed by atoms with Crippen molar-refractivity contribution in [3.05, 3.63) is 28.0 Å². The third-order valence-corrected chi connectivity index (χ3v) is 2.74. The van der Waals surface area contributed by atoms with Gasteiger partial charge in [-0.25, -0.2) is 0 Å². The van der Waals surface area contributed by atoms with Crippen LogP contribution in [0.1, 0.15) is 32.4 Å². The summed E-state index contributed by atoms with van der Waals surface area (Å²) < 4.78 is 0. The molecule has 78 valence electrons.